The van der Waals surface area contributed by atoms with Crippen LogP contribution >= 0.6 is 0 Å². The molecule has 3 aromatic rings. The van der Waals surface area contributed by atoms with E-state index in [0.717, 1.165) is 25.1 Å². The molecule has 0 spiro atoms. The second-order valence-corrected chi connectivity index (χ2v) is 7.90. The third-order valence-corrected chi connectivity index (χ3v) is 5.48. The largest absolute Gasteiger partial charge is 0.338 e. The van der Waals surface area contributed by atoms with Gasteiger partial charge in [-0.2, -0.15) is 5.10 Å². The molecule has 0 bridgehead atoms. The summed E-state index contributed by atoms with van der Waals surface area (Å²) in [4.78, 5) is 14.4. The predicted octanol–water partition coefficient (Wildman–Crippen LogP) is 4.53. The molecule has 0 fully saturated rings. The van der Waals surface area contributed by atoms with Gasteiger partial charge >= 0.3 is 6.03 Å². The molecule has 5 heteroatoms. The highest BCUT2D eigenvalue weighted by molar-refractivity contribution is 5.77. The summed E-state index contributed by atoms with van der Waals surface area (Å²) in [6.45, 7) is 6.30. The van der Waals surface area contributed by atoms with Crippen LogP contribution in [0.3, 0.4) is 0 Å². The molecule has 1 aromatic heterocycles. The lowest BCUT2D eigenvalue weighted by Gasteiger charge is -2.27. The Balaban J connectivity index is 1.26. The van der Waals surface area contributed by atoms with Crippen LogP contribution in [0.5, 0.6) is 0 Å². The minimum absolute atomic E-state index is 0.0129. The van der Waals surface area contributed by atoms with Gasteiger partial charge in [0.05, 0.1) is 5.69 Å². The smallest absolute Gasteiger partial charge is 0.317 e. The fourth-order valence-corrected chi connectivity index (χ4v) is 3.94. The van der Waals surface area contributed by atoms with Gasteiger partial charge in [-0.1, -0.05) is 47.5 Å². The molecule has 5 nitrogen and oxygen atoms in total. The van der Waals surface area contributed by atoms with Gasteiger partial charge < -0.3 is 10.2 Å². The Morgan fingerprint density at radius 1 is 1.10 bits per heavy atom. The first-order chi connectivity index (χ1) is 14.6. The van der Waals surface area contributed by atoms with Gasteiger partial charge in [-0.15, -0.1) is 0 Å². The molecule has 0 atom stereocenters. The zero-order valence-electron chi connectivity index (χ0n) is 17.6. The van der Waals surface area contributed by atoms with Gasteiger partial charge in [-0.05, 0) is 61.6 Å². The first-order valence-corrected chi connectivity index (χ1v) is 10.5. The molecule has 4 rings (SSSR count). The molecule has 154 valence electrons. The van der Waals surface area contributed by atoms with Crippen LogP contribution in [0.25, 0.3) is 11.3 Å². The van der Waals surface area contributed by atoms with Crippen LogP contribution in [0.1, 0.15) is 28.7 Å². The van der Waals surface area contributed by atoms with Crippen molar-refractivity contribution < 1.29 is 4.79 Å². The summed E-state index contributed by atoms with van der Waals surface area (Å²) in [5.41, 5.74) is 7.41. The molecule has 1 aliphatic heterocycles. The van der Waals surface area contributed by atoms with Crippen molar-refractivity contribution in [3.63, 3.8) is 0 Å². The zero-order valence-corrected chi connectivity index (χ0v) is 17.6. The molecule has 1 aliphatic rings. The molecule has 30 heavy (non-hydrogen) atoms. The number of amides is 2. The Morgan fingerprint density at radius 2 is 1.87 bits per heavy atom. The fraction of sp³-hybridized carbons (Fsp3) is 0.280. The first-order valence-electron chi connectivity index (χ1n) is 10.5. The van der Waals surface area contributed by atoms with Crippen LogP contribution in [-0.2, 0) is 6.42 Å². The van der Waals surface area contributed by atoms with Crippen molar-refractivity contribution in [2.75, 3.05) is 19.6 Å². The Kier molecular flexibility index (Phi) is 5.98. The van der Waals surface area contributed by atoms with E-state index in [1.165, 1.54) is 27.8 Å². The topological polar surface area (TPSA) is 50.2 Å². The molecule has 2 aromatic carbocycles. The average molecular weight is 401 g/mol. The number of hydrogen-bond acceptors (Lipinski definition) is 2. The number of nitrogens with zero attached hydrogens (tertiary/aromatic N) is 3. The van der Waals surface area contributed by atoms with Gasteiger partial charge in [0.25, 0.3) is 0 Å². The number of aromatic nitrogens is 2. The standard InChI is InChI=1S/C25H28N4O/c1-19-16-20(2)18-23(17-19)22-9-14-28(15-10-22)25(30)26-12-8-21-4-6-24(7-5-21)29-13-3-11-27-29/h3-7,9,11,13,16-18H,8,10,12,14-15H2,1-2H3,(H,26,30). The number of carbonyl (C=O) groups is 1. The van der Waals surface area contributed by atoms with Gasteiger partial charge in [0.15, 0.2) is 0 Å². The second kappa shape index (κ2) is 8.99. The average Bonchev–Trinajstić information content (AvgIpc) is 3.28. The summed E-state index contributed by atoms with van der Waals surface area (Å²) in [5.74, 6) is 0. The predicted molar refractivity (Wildman–Crippen MR) is 121 cm³/mol. The number of rotatable bonds is 5. The minimum atomic E-state index is 0.0129. The van der Waals surface area contributed by atoms with E-state index in [2.05, 4.69) is 60.7 Å². The van der Waals surface area contributed by atoms with E-state index >= 15 is 0 Å². The zero-order chi connectivity index (χ0) is 20.9. The molecular formula is C25H28N4O. The number of benzene rings is 2. The monoisotopic (exact) mass is 400 g/mol. The maximum absolute atomic E-state index is 12.5. The van der Waals surface area contributed by atoms with E-state index in [1.54, 1.807) is 6.20 Å². The van der Waals surface area contributed by atoms with E-state index in [0.29, 0.717) is 13.1 Å². The van der Waals surface area contributed by atoms with E-state index < -0.39 is 0 Å². The van der Waals surface area contributed by atoms with Crippen LogP contribution in [0, 0.1) is 13.8 Å². The molecule has 0 saturated carbocycles. The third-order valence-electron chi connectivity index (χ3n) is 5.48. The Labute approximate surface area is 178 Å². The van der Waals surface area contributed by atoms with Crippen molar-refractivity contribution in [3.05, 3.63) is 89.3 Å². The fourth-order valence-electron chi connectivity index (χ4n) is 3.94. The van der Waals surface area contributed by atoms with E-state index in [9.17, 15) is 4.79 Å². The highest BCUT2D eigenvalue weighted by Crippen LogP contribution is 2.24. The van der Waals surface area contributed by atoms with Crippen LogP contribution in [-0.4, -0.2) is 40.3 Å². The van der Waals surface area contributed by atoms with Crippen molar-refractivity contribution in [3.8, 4) is 5.69 Å². The second-order valence-electron chi connectivity index (χ2n) is 7.90. The molecule has 0 radical (unpaired) electrons. The van der Waals surface area contributed by atoms with Crippen LogP contribution in [0.15, 0.2) is 67.0 Å². The summed E-state index contributed by atoms with van der Waals surface area (Å²) in [5, 5.41) is 7.29. The summed E-state index contributed by atoms with van der Waals surface area (Å²) < 4.78 is 1.84. The van der Waals surface area contributed by atoms with Crippen LogP contribution < -0.4 is 5.32 Å². The van der Waals surface area contributed by atoms with Gasteiger partial charge in [-0.3, -0.25) is 0 Å². The van der Waals surface area contributed by atoms with Crippen molar-refractivity contribution in [1.29, 1.82) is 0 Å². The highest BCUT2D eigenvalue weighted by Gasteiger charge is 2.17. The van der Waals surface area contributed by atoms with E-state index in [4.69, 9.17) is 0 Å². The van der Waals surface area contributed by atoms with Gasteiger partial charge in [0.1, 0.15) is 0 Å². The Morgan fingerprint density at radius 3 is 2.50 bits per heavy atom. The lowest BCUT2D eigenvalue weighted by molar-refractivity contribution is 0.203. The molecule has 2 amide bonds. The van der Waals surface area contributed by atoms with Gasteiger partial charge in [0.2, 0.25) is 0 Å². The maximum Gasteiger partial charge on any atom is 0.317 e. The van der Waals surface area contributed by atoms with Gasteiger partial charge in [0, 0.05) is 32.0 Å². The molecular weight excluding hydrogens is 372 g/mol. The lowest BCUT2D eigenvalue weighted by atomic mass is 9.96. The lowest BCUT2D eigenvalue weighted by Crippen LogP contribution is -2.42. The number of nitrogens with one attached hydrogen (secondary N) is 1. The third kappa shape index (κ3) is 4.79. The summed E-state index contributed by atoms with van der Waals surface area (Å²) in [7, 11) is 0. The van der Waals surface area contributed by atoms with Gasteiger partial charge in [-0.25, -0.2) is 9.48 Å². The van der Waals surface area contributed by atoms with Crippen molar-refractivity contribution in [1.82, 2.24) is 20.0 Å². The normalized spacial score (nSPS) is 13.8. The minimum Gasteiger partial charge on any atom is -0.338 e. The number of urea groups is 1. The SMILES string of the molecule is Cc1cc(C)cc(C2=CCN(C(=O)NCCc3ccc(-n4cccn4)cc3)CC2)c1. The number of carbonyl (C=O) groups excluding carboxylic acids is 1. The molecule has 1 N–H and O–H groups in total. The quantitative estimate of drug-likeness (QED) is 0.684. The molecule has 0 aliphatic carbocycles. The summed E-state index contributed by atoms with van der Waals surface area (Å²) >= 11 is 0. The maximum atomic E-state index is 12.5. The van der Waals surface area contributed by atoms with Crippen molar-refractivity contribution in [2.45, 2.75) is 26.7 Å². The van der Waals surface area contributed by atoms with Crippen LogP contribution in [0.4, 0.5) is 4.79 Å². The van der Waals surface area contributed by atoms with E-state index in [1.807, 2.05) is 34.0 Å². The van der Waals surface area contributed by atoms with Crippen molar-refractivity contribution >= 4 is 11.6 Å². The first kappa shape index (κ1) is 20.0. The number of hydrogen-bond donors (Lipinski definition) is 1. The molecule has 2 heterocycles. The molecule has 0 unspecified atom stereocenters. The Hall–Kier alpha value is -3.34. The highest BCUT2D eigenvalue weighted by atomic mass is 16.2. The summed E-state index contributed by atoms with van der Waals surface area (Å²) in [6, 6.07) is 16.8. The number of aryl methyl sites for hydroxylation is 2. The van der Waals surface area contributed by atoms with E-state index in [-0.39, 0.29) is 6.03 Å². The van der Waals surface area contributed by atoms with Crippen molar-refractivity contribution in [2.24, 2.45) is 0 Å². The molecule has 0 saturated heterocycles. The summed E-state index contributed by atoms with van der Waals surface area (Å²) in [6.07, 6.45) is 7.58. The Bertz CT molecular complexity index is 1020. The van der Waals surface area contributed by atoms with Crippen LogP contribution in [0.2, 0.25) is 0 Å².